The van der Waals surface area contributed by atoms with E-state index in [1.54, 1.807) is 26.3 Å². The fraction of sp³-hybridized carbons (Fsp3) is 0.615. The van der Waals surface area contributed by atoms with E-state index in [-0.39, 0.29) is 29.1 Å². The molecule has 1 fully saturated rings. The van der Waals surface area contributed by atoms with Crippen molar-refractivity contribution in [2.45, 2.75) is 65.5 Å². The largest absolute Gasteiger partial charge is 0.496 e. The van der Waals surface area contributed by atoms with Crippen molar-refractivity contribution in [3.8, 4) is 0 Å². The number of ether oxygens (including phenoxy) is 3. The number of fused-ring (bicyclic) bond motifs is 3. The van der Waals surface area contributed by atoms with Gasteiger partial charge in [0.15, 0.2) is 5.43 Å². The number of hydrogen-bond donors (Lipinski definition) is 0. The van der Waals surface area contributed by atoms with E-state index in [0.717, 1.165) is 36.3 Å². The summed E-state index contributed by atoms with van der Waals surface area (Å²) in [6, 6.07) is 1.70. The molecule has 0 saturated heterocycles. The van der Waals surface area contributed by atoms with E-state index in [4.69, 9.17) is 25.8 Å². The second-order valence-electron chi connectivity index (χ2n) is 10.2. The molecule has 33 heavy (non-hydrogen) atoms. The summed E-state index contributed by atoms with van der Waals surface area (Å²) >= 11 is 6.69. The maximum Gasteiger partial charge on any atom is 0.343 e. The number of rotatable bonds is 7. The Morgan fingerprint density at radius 3 is 2.70 bits per heavy atom. The molecule has 1 aliphatic heterocycles. The summed E-state index contributed by atoms with van der Waals surface area (Å²) in [6.07, 6.45) is 7.56. The van der Waals surface area contributed by atoms with Gasteiger partial charge in [0.2, 0.25) is 0 Å². The molecule has 6 nitrogen and oxygen atoms in total. The Morgan fingerprint density at radius 1 is 1.33 bits per heavy atom. The van der Waals surface area contributed by atoms with Crippen molar-refractivity contribution in [3.05, 3.63) is 50.6 Å². The third-order valence-electron chi connectivity index (χ3n) is 7.39. The van der Waals surface area contributed by atoms with Crippen LogP contribution in [0.3, 0.4) is 0 Å². The van der Waals surface area contributed by atoms with Gasteiger partial charge in [-0.1, -0.05) is 32.4 Å². The number of methoxy groups -OCH3 is 1. The Kier molecular flexibility index (Phi) is 6.79. The molecular weight excluding hydrogens is 442 g/mol. The lowest BCUT2D eigenvalue weighted by Gasteiger charge is -2.46. The van der Waals surface area contributed by atoms with E-state index < -0.39 is 5.97 Å². The van der Waals surface area contributed by atoms with Gasteiger partial charge in [-0.2, -0.15) is 0 Å². The molecule has 1 saturated carbocycles. The summed E-state index contributed by atoms with van der Waals surface area (Å²) in [5.41, 5.74) is 1.38. The lowest BCUT2D eigenvalue weighted by Crippen LogP contribution is -2.38. The molecule has 2 atom stereocenters. The van der Waals surface area contributed by atoms with Gasteiger partial charge in [0, 0.05) is 42.9 Å². The third-order valence-corrected chi connectivity index (χ3v) is 7.71. The lowest BCUT2D eigenvalue weighted by molar-refractivity contribution is -0.0258. The molecule has 2 unspecified atom stereocenters. The van der Waals surface area contributed by atoms with Crippen LogP contribution in [0.25, 0.3) is 5.57 Å². The van der Waals surface area contributed by atoms with Gasteiger partial charge in [0.1, 0.15) is 11.3 Å². The van der Waals surface area contributed by atoms with Crippen LogP contribution in [0.15, 0.2) is 33.9 Å². The van der Waals surface area contributed by atoms with E-state index in [9.17, 15) is 9.59 Å². The van der Waals surface area contributed by atoms with Gasteiger partial charge >= 0.3 is 5.97 Å². The van der Waals surface area contributed by atoms with Gasteiger partial charge in [-0.15, -0.1) is 0 Å². The van der Waals surface area contributed by atoms with Crippen LogP contribution in [-0.2, 0) is 14.2 Å². The average molecular weight is 476 g/mol. The van der Waals surface area contributed by atoms with Gasteiger partial charge in [0.05, 0.1) is 24.4 Å². The SMILES string of the molecule is CCOC(=O)c1cn2c(cc1=O)C1=CC(Cl)=C(OCC3CC(OC)C3)CC1(C)CC2C(C)C. The Hall–Kier alpha value is -2.05. The van der Waals surface area contributed by atoms with Crippen molar-refractivity contribution in [3.63, 3.8) is 0 Å². The number of esters is 1. The molecule has 0 N–H and O–H groups in total. The molecule has 180 valence electrons. The van der Waals surface area contributed by atoms with Crippen molar-refractivity contribution < 1.29 is 19.0 Å². The number of pyridine rings is 1. The molecule has 0 radical (unpaired) electrons. The van der Waals surface area contributed by atoms with Gasteiger partial charge in [-0.25, -0.2) is 4.79 Å². The molecule has 3 aliphatic rings. The zero-order chi connectivity index (χ0) is 23.9. The fourth-order valence-electron chi connectivity index (χ4n) is 5.34. The highest BCUT2D eigenvalue weighted by Crippen LogP contribution is 2.55. The highest BCUT2D eigenvalue weighted by Gasteiger charge is 2.44. The van der Waals surface area contributed by atoms with Crippen LogP contribution in [-0.4, -0.2) is 37.0 Å². The summed E-state index contributed by atoms with van der Waals surface area (Å²) < 4.78 is 18.8. The number of carbonyl (C=O) groups is 1. The maximum absolute atomic E-state index is 12.9. The van der Waals surface area contributed by atoms with Crippen LogP contribution in [0.1, 0.15) is 75.5 Å². The molecule has 0 spiro atoms. The monoisotopic (exact) mass is 475 g/mol. The maximum atomic E-state index is 12.9. The zero-order valence-corrected chi connectivity index (χ0v) is 20.9. The number of aromatic nitrogens is 1. The Morgan fingerprint density at radius 2 is 2.06 bits per heavy atom. The summed E-state index contributed by atoms with van der Waals surface area (Å²) in [5.74, 6) is 1.06. The van der Waals surface area contributed by atoms with Crippen LogP contribution in [0.4, 0.5) is 0 Å². The second-order valence-corrected chi connectivity index (χ2v) is 10.6. The standard InChI is InChI=1S/C26H34ClNO5/c1-6-32-25(30)18-13-28-21(10-23(18)29)19-9-20(27)24(33-14-16-7-17(8-16)31-5)12-26(19,4)11-22(28)15(2)3/h9-10,13,15-17,22H,6-8,11-12,14H2,1-5H3. The zero-order valence-electron chi connectivity index (χ0n) is 20.2. The summed E-state index contributed by atoms with van der Waals surface area (Å²) in [7, 11) is 1.75. The number of allylic oxidation sites excluding steroid dienone is 4. The second kappa shape index (κ2) is 9.30. The minimum absolute atomic E-state index is 0.0757. The molecule has 0 amide bonds. The molecule has 1 aromatic rings. The van der Waals surface area contributed by atoms with Crippen LogP contribution in [0.2, 0.25) is 0 Å². The highest BCUT2D eigenvalue weighted by atomic mass is 35.5. The number of carbonyl (C=O) groups excluding carboxylic acids is 1. The predicted molar refractivity (Wildman–Crippen MR) is 128 cm³/mol. The third kappa shape index (κ3) is 4.52. The van der Waals surface area contributed by atoms with E-state index in [0.29, 0.717) is 36.0 Å². The summed E-state index contributed by atoms with van der Waals surface area (Å²) in [5, 5.41) is 0.585. The first kappa shape index (κ1) is 24.1. The Balaban J connectivity index is 1.69. The number of halogens is 1. The molecule has 4 rings (SSSR count). The van der Waals surface area contributed by atoms with Crippen LogP contribution in [0.5, 0.6) is 0 Å². The van der Waals surface area contributed by atoms with Crippen molar-refractivity contribution >= 4 is 23.1 Å². The van der Waals surface area contributed by atoms with Gasteiger partial charge in [-0.05, 0) is 49.7 Å². The molecule has 0 bridgehead atoms. The summed E-state index contributed by atoms with van der Waals surface area (Å²) in [6.45, 7) is 9.17. The number of hydrogen-bond acceptors (Lipinski definition) is 5. The first-order chi connectivity index (χ1) is 15.7. The minimum atomic E-state index is -0.577. The molecule has 7 heteroatoms. The Labute approximate surface area is 200 Å². The van der Waals surface area contributed by atoms with Crippen molar-refractivity contribution in [1.29, 1.82) is 0 Å². The van der Waals surface area contributed by atoms with E-state index in [1.165, 1.54) is 0 Å². The fourth-order valence-corrected chi connectivity index (χ4v) is 5.57. The molecule has 1 aromatic heterocycles. The van der Waals surface area contributed by atoms with Crippen molar-refractivity contribution in [2.24, 2.45) is 17.3 Å². The number of nitrogens with zero attached hydrogens (tertiary/aromatic N) is 1. The van der Waals surface area contributed by atoms with Crippen LogP contribution in [0, 0.1) is 17.3 Å². The van der Waals surface area contributed by atoms with Gasteiger partial charge in [-0.3, -0.25) is 4.79 Å². The molecular formula is C26H34ClNO5. The predicted octanol–water partition coefficient (Wildman–Crippen LogP) is 5.31. The van der Waals surface area contributed by atoms with Gasteiger partial charge in [0.25, 0.3) is 0 Å². The molecule has 0 aromatic carbocycles. The molecule has 2 aliphatic carbocycles. The minimum Gasteiger partial charge on any atom is -0.496 e. The van der Waals surface area contributed by atoms with Crippen molar-refractivity contribution in [2.75, 3.05) is 20.3 Å². The van der Waals surface area contributed by atoms with Crippen molar-refractivity contribution in [1.82, 2.24) is 4.57 Å². The van der Waals surface area contributed by atoms with E-state index >= 15 is 0 Å². The smallest absolute Gasteiger partial charge is 0.343 e. The normalized spacial score (nSPS) is 28.6. The topological polar surface area (TPSA) is 66.8 Å². The van der Waals surface area contributed by atoms with Gasteiger partial charge < -0.3 is 18.8 Å². The Bertz CT molecular complexity index is 1050. The first-order valence-electron chi connectivity index (χ1n) is 11.9. The quantitative estimate of drug-likeness (QED) is 0.500. The first-order valence-corrected chi connectivity index (χ1v) is 12.2. The average Bonchev–Trinajstić information content (AvgIpc) is 2.73. The van der Waals surface area contributed by atoms with Crippen LogP contribution < -0.4 is 5.43 Å². The van der Waals surface area contributed by atoms with Crippen LogP contribution >= 0.6 is 11.6 Å². The highest BCUT2D eigenvalue weighted by molar-refractivity contribution is 6.32. The van der Waals surface area contributed by atoms with E-state index in [1.807, 2.05) is 6.08 Å². The lowest BCUT2D eigenvalue weighted by atomic mass is 9.66. The van der Waals surface area contributed by atoms with E-state index in [2.05, 4.69) is 25.3 Å². The summed E-state index contributed by atoms with van der Waals surface area (Å²) in [4.78, 5) is 25.2. The molecule has 2 heterocycles.